The van der Waals surface area contributed by atoms with Crippen LogP contribution >= 0.6 is 0 Å². The summed E-state index contributed by atoms with van der Waals surface area (Å²) in [7, 11) is 0. The number of carbonyl (C=O) groups is 6. The predicted molar refractivity (Wildman–Crippen MR) is 297 cm³/mol. The highest BCUT2D eigenvalue weighted by Gasteiger charge is 2.46. The highest BCUT2D eigenvalue weighted by Crippen LogP contribution is 2.41. The fourth-order valence-corrected chi connectivity index (χ4v) is 10.7. The fourth-order valence-electron chi connectivity index (χ4n) is 10.7. The molecule has 1 aliphatic carbocycles. The van der Waals surface area contributed by atoms with Crippen molar-refractivity contribution in [3.05, 3.63) is 0 Å². The van der Waals surface area contributed by atoms with Crippen molar-refractivity contribution in [1.29, 1.82) is 0 Å². The molecular formula is C57H104N6O17. The van der Waals surface area contributed by atoms with Crippen molar-refractivity contribution in [3.8, 4) is 0 Å². The molecule has 2 saturated heterocycles. The number of amides is 6. The lowest BCUT2D eigenvalue weighted by molar-refractivity contribution is -0.270. The van der Waals surface area contributed by atoms with E-state index < -0.39 is 92.4 Å². The maximum Gasteiger partial charge on any atom is 0.242 e. The van der Waals surface area contributed by atoms with Gasteiger partial charge in [0.1, 0.15) is 54.7 Å². The van der Waals surface area contributed by atoms with Crippen LogP contribution in [0.5, 0.6) is 0 Å². The molecule has 0 aromatic rings. The number of hydrogen-bond donors (Lipinski definition) is 12. The Morgan fingerprint density at radius 1 is 0.588 bits per heavy atom. The quantitative estimate of drug-likeness (QED) is 0.0393. The average Bonchev–Trinajstić information content (AvgIpc) is 3.90. The van der Waals surface area contributed by atoms with Crippen LogP contribution in [0.4, 0.5) is 0 Å². The summed E-state index contributed by atoms with van der Waals surface area (Å²) >= 11 is 0. The van der Waals surface area contributed by atoms with Crippen molar-refractivity contribution < 1.29 is 83.1 Å². The number of aliphatic hydroxyl groups is 6. The first-order chi connectivity index (χ1) is 37.8. The van der Waals surface area contributed by atoms with Crippen LogP contribution in [0.3, 0.4) is 0 Å². The Morgan fingerprint density at radius 3 is 1.57 bits per heavy atom. The molecule has 1 saturated carbocycles. The Hall–Kier alpha value is -3.62. The summed E-state index contributed by atoms with van der Waals surface area (Å²) in [5, 5.41) is 77.4. The highest BCUT2D eigenvalue weighted by atomic mass is 16.7. The number of rotatable bonds is 38. The number of aliphatic hydroxyl groups excluding tert-OH is 6. The SMILES string of the molecule is CC(=O)NC1C(OCCCCCC(=O)NCCCC[C@H](NC(=O)CCCCCOC2OC(CO)C(O)C(O)C2NC(C)=O)C(=O)NCCCCCC(=O)NCC(C)CC(C)(C)COC2CCC(C(C)(C)C)C2)OC(CO)C(O)C1O. The van der Waals surface area contributed by atoms with Crippen LogP contribution in [0.25, 0.3) is 0 Å². The largest absolute Gasteiger partial charge is 0.394 e. The second kappa shape index (κ2) is 36.9. The molecule has 3 rings (SSSR count). The molecular weight excluding hydrogens is 1040 g/mol. The summed E-state index contributed by atoms with van der Waals surface area (Å²) in [6.07, 6.45) is 2.13. The van der Waals surface area contributed by atoms with E-state index in [4.69, 9.17) is 23.7 Å². The lowest BCUT2D eigenvalue weighted by Gasteiger charge is -2.42. The molecule has 23 nitrogen and oxygen atoms in total. The summed E-state index contributed by atoms with van der Waals surface area (Å²) in [4.78, 5) is 75.5. The topological polar surface area (TPSA) is 342 Å². The van der Waals surface area contributed by atoms with E-state index in [9.17, 15) is 59.4 Å². The van der Waals surface area contributed by atoms with Crippen LogP contribution in [0.15, 0.2) is 0 Å². The Labute approximate surface area is 475 Å². The van der Waals surface area contributed by atoms with Crippen LogP contribution < -0.4 is 31.9 Å². The van der Waals surface area contributed by atoms with Gasteiger partial charge in [-0.15, -0.1) is 0 Å². The standard InChI is InChI=1S/C57H104N6O17/c1-36(31-57(7,8)35-78-40-25-24-39(30-40)56(4,5)6)32-60-45(69)22-12-9-16-27-59-53(75)41(63-46(70)23-14-11-19-29-77-55-48(62-38(3)67)52(74)50(72)43(34-65)80-55)20-15-17-26-58-44(68)21-13-10-18-28-76-54-47(61-37(2)66)51(73)49(71)42(33-64)79-54/h36,39-43,47-52,54-55,64-65,71-74H,9-35H2,1-8H3,(H,58,68)(H,59,75)(H,60,69)(H,61,66)(H,62,67)(H,63,70)/t36?,39?,40?,41-,42?,43?,47?,48?,49?,50?,51?,52?,54?,55?/m0/s1. The maximum absolute atomic E-state index is 13.5. The smallest absolute Gasteiger partial charge is 0.242 e. The lowest BCUT2D eigenvalue weighted by atomic mass is 9.80. The molecule has 464 valence electrons. The second-order valence-corrected chi connectivity index (χ2v) is 24.4. The monoisotopic (exact) mass is 1140 g/mol. The van der Waals surface area contributed by atoms with E-state index in [2.05, 4.69) is 73.4 Å². The van der Waals surface area contributed by atoms with Gasteiger partial charge in [0.25, 0.3) is 0 Å². The van der Waals surface area contributed by atoms with Gasteiger partial charge in [-0.3, -0.25) is 28.8 Å². The summed E-state index contributed by atoms with van der Waals surface area (Å²) in [6.45, 7) is 17.3. The molecule has 0 aromatic heterocycles. The van der Waals surface area contributed by atoms with E-state index in [0.717, 1.165) is 25.7 Å². The van der Waals surface area contributed by atoms with Crippen LogP contribution in [0.1, 0.15) is 177 Å². The van der Waals surface area contributed by atoms with Crippen molar-refractivity contribution in [3.63, 3.8) is 0 Å². The van der Waals surface area contributed by atoms with Crippen LogP contribution in [-0.4, -0.2) is 192 Å². The summed E-state index contributed by atoms with van der Waals surface area (Å²) in [6, 6.07) is -2.91. The van der Waals surface area contributed by atoms with Gasteiger partial charge in [-0.1, -0.05) is 60.8 Å². The van der Waals surface area contributed by atoms with Crippen molar-refractivity contribution in [2.24, 2.45) is 22.7 Å². The van der Waals surface area contributed by atoms with Crippen LogP contribution in [0.2, 0.25) is 0 Å². The molecule has 2 aliphatic heterocycles. The van der Waals surface area contributed by atoms with Gasteiger partial charge < -0.3 is 86.2 Å². The number of hydrogen-bond acceptors (Lipinski definition) is 17. The molecule has 13 unspecified atom stereocenters. The molecule has 0 aromatic carbocycles. The zero-order valence-electron chi connectivity index (χ0n) is 49.3. The van der Waals surface area contributed by atoms with E-state index >= 15 is 0 Å². The lowest BCUT2D eigenvalue weighted by Crippen LogP contribution is -2.64. The molecule has 3 aliphatic rings. The molecule has 14 atom stereocenters. The van der Waals surface area contributed by atoms with Gasteiger partial charge in [-0.05, 0) is 106 Å². The summed E-state index contributed by atoms with van der Waals surface area (Å²) in [5.41, 5.74) is 0.299. The molecule has 2 heterocycles. The van der Waals surface area contributed by atoms with E-state index in [1.54, 1.807) is 0 Å². The van der Waals surface area contributed by atoms with Gasteiger partial charge in [0.2, 0.25) is 35.4 Å². The van der Waals surface area contributed by atoms with Gasteiger partial charge in [0, 0.05) is 66.0 Å². The fraction of sp³-hybridized carbons (Fsp3) is 0.895. The average molecular weight is 1150 g/mol. The van der Waals surface area contributed by atoms with E-state index in [0.29, 0.717) is 127 Å². The van der Waals surface area contributed by atoms with Crippen LogP contribution in [0, 0.1) is 22.7 Å². The minimum absolute atomic E-state index is 0.00174. The molecule has 6 amide bonds. The van der Waals surface area contributed by atoms with Crippen molar-refractivity contribution >= 4 is 35.4 Å². The molecule has 3 fully saturated rings. The van der Waals surface area contributed by atoms with E-state index in [1.807, 2.05) is 0 Å². The van der Waals surface area contributed by atoms with Gasteiger partial charge >= 0.3 is 0 Å². The van der Waals surface area contributed by atoms with E-state index in [-0.39, 0.29) is 55.1 Å². The predicted octanol–water partition coefficient (Wildman–Crippen LogP) is 1.88. The van der Waals surface area contributed by atoms with Crippen molar-refractivity contribution in [1.82, 2.24) is 31.9 Å². The third-order valence-corrected chi connectivity index (χ3v) is 15.3. The number of ether oxygens (including phenoxy) is 5. The zero-order chi connectivity index (χ0) is 59.4. The van der Waals surface area contributed by atoms with Gasteiger partial charge in [-0.25, -0.2) is 0 Å². The molecule has 0 radical (unpaired) electrons. The highest BCUT2D eigenvalue weighted by molar-refractivity contribution is 5.87. The number of carbonyl (C=O) groups excluding carboxylic acids is 6. The van der Waals surface area contributed by atoms with Gasteiger partial charge in [0.15, 0.2) is 12.6 Å². The number of nitrogens with one attached hydrogen (secondary N) is 6. The second-order valence-electron chi connectivity index (χ2n) is 24.4. The third-order valence-electron chi connectivity index (χ3n) is 15.3. The van der Waals surface area contributed by atoms with E-state index in [1.165, 1.54) is 20.3 Å². The van der Waals surface area contributed by atoms with Crippen LogP contribution in [-0.2, 0) is 52.5 Å². The first kappa shape index (κ1) is 70.6. The Balaban J connectivity index is 1.39. The summed E-state index contributed by atoms with van der Waals surface area (Å²) in [5.74, 6) is -0.710. The Kier molecular flexibility index (Phi) is 32.5. The molecule has 23 heteroatoms. The van der Waals surface area contributed by atoms with Gasteiger partial charge in [0.05, 0.1) is 25.9 Å². The third kappa shape index (κ3) is 26.7. The van der Waals surface area contributed by atoms with Crippen molar-refractivity contribution in [2.45, 2.75) is 251 Å². The molecule has 0 spiro atoms. The maximum atomic E-state index is 13.5. The van der Waals surface area contributed by atoms with Gasteiger partial charge in [-0.2, -0.15) is 0 Å². The minimum atomic E-state index is -1.43. The summed E-state index contributed by atoms with van der Waals surface area (Å²) < 4.78 is 29.1. The molecule has 80 heavy (non-hydrogen) atoms. The Morgan fingerprint density at radius 2 is 1.07 bits per heavy atom. The normalized spacial score (nSPS) is 26.9. The first-order valence-corrected chi connectivity index (χ1v) is 29.6. The molecule has 0 bridgehead atoms. The molecule has 12 N–H and O–H groups in total. The number of unbranched alkanes of at least 4 members (excludes halogenated alkanes) is 7. The first-order valence-electron chi connectivity index (χ1n) is 29.6. The Bertz CT molecular complexity index is 1840. The zero-order valence-corrected chi connectivity index (χ0v) is 49.3. The minimum Gasteiger partial charge on any atom is -0.394 e. The van der Waals surface area contributed by atoms with Crippen molar-refractivity contribution in [2.75, 3.05) is 52.7 Å².